The number of amides is 2. The second-order valence-corrected chi connectivity index (χ2v) is 7.88. The second kappa shape index (κ2) is 6.11. The lowest BCUT2D eigenvalue weighted by molar-refractivity contribution is -0.156. The van der Waals surface area contributed by atoms with Crippen LogP contribution in [0, 0.1) is 0 Å². The zero-order valence-electron chi connectivity index (χ0n) is 12.6. The number of nitrogens with zero attached hydrogens (tertiary/aromatic N) is 1. The van der Waals surface area contributed by atoms with E-state index in [-0.39, 0.29) is 23.3 Å². The highest BCUT2D eigenvalue weighted by molar-refractivity contribution is 7.91. The fourth-order valence-corrected chi connectivity index (χ4v) is 3.17. The van der Waals surface area contributed by atoms with Crippen molar-refractivity contribution in [3.8, 4) is 0 Å². The van der Waals surface area contributed by atoms with Crippen molar-refractivity contribution in [3.05, 3.63) is 0 Å². The van der Waals surface area contributed by atoms with Crippen LogP contribution in [0.1, 0.15) is 40.5 Å². The van der Waals surface area contributed by atoms with Crippen molar-refractivity contribution >= 4 is 21.7 Å². The van der Waals surface area contributed by atoms with Gasteiger partial charge in [-0.05, 0) is 26.7 Å². The van der Waals surface area contributed by atoms with E-state index < -0.39 is 21.4 Å². The summed E-state index contributed by atoms with van der Waals surface area (Å²) in [7, 11) is -3.05. The largest absolute Gasteiger partial charge is 0.343 e. The summed E-state index contributed by atoms with van der Waals surface area (Å²) >= 11 is 0. The lowest BCUT2D eigenvalue weighted by atomic mass is 9.90. The molecule has 2 amide bonds. The lowest BCUT2D eigenvalue weighted by Gasteiger charge is -2.45. The molecule has 0 aliphatic carbocycles. The standard InChI is InChI=1S/C13H24N2O4S/c1-5-13(4)12(17)14-10(3)11(16)15(13)8-7-9-20(18,19)6-2/h10H,5-9H2,1-4H3,(H,14,17). The van der Waals surface area contributed by atoms with E-state index in [2.05, 4.69) is 5.32 Å². The maximum absolute atomic E-state index is 12.2. The summed E-state index contributed by atoms with van der Waals surface area (Å²) in [6.45, 7) is 7.11. The smallest absolute Gasteiger partial charge is 0.246 e. The van der Waals surface area contributed by atoms with Gasteiger partial charge in [0.15, 0.2) is 0 Å². The van der Waals surface area contributed by atoms with Gasteiger partial charge in [-0.1, -0.05) is 13.8 Å². The average molecular weight is 304 g/mol. The summed E-state index contributed by atoms with van der Waals surface area (Å²) in [5.74, 6) is -0.181. The summed E-state index contributed by atoms with van der Waals surface area (Å²) < 4.78 is 23.0. The molecule has 0 saturated carbocycles. The number of piperazine rings is 1. The quantitative estimate of drug-likeness (QED) is 0.766. The van der Waals surface area contributed by atoms with Crippen LogP contribution in [0.25, 0.3) is 0 Å². The molecule has 0 spiro atoms. The monoisotopic (exact) mass is 304 g/mol. The Hall–Kier alpha value is -1.11. The summed E-state index contributed by atoms with van der Waals surface area (Å²) in [6.07, 6.45) is 0.856. The molecular formula is C13H24N2O4S. The highest BCUT2D eigenvalue weighted by Gasteiger charge is 2.46. The third kappa shape index (κ3) is 3.31. The van der Waals surface area contributed by atoms with E-state index in [1.54, 1.807) is 20.8 Å². The molecule has 1 N–H and O–H groups in total. The number of hydrogen-bond donors (Lipinski definition) is 1. The molecule has 0 aromatic rings. The van der Waals surface area contributed by atoms with Gasteiger partial charge in [0.1, 0.15) is 21.4 Å². The third-order valence-electron chi connectivity index (χ3n) is 4.03. The Kier molecular flexibility index (Phi) is 5.18. The van der Waals surface area contributed by atoms with Crippen molar-refractivity contribution in [2.45, 2.75) is 52.1 Å². The van der Waals surface area contributed by atoms with E-state index in [4.69, 9.17) is 0 Å². The fraction of sp³-hybridized carbons (Fsp3) is 0.846. The van der Waals surface area contributed by atoms with Crippen LogP contribution in [0.5, 0.6) is 0 Å². The van der Waals surface area contributed by atoms with Gasteiger partial charge in [-0.15, -0.1) is 0 Å². The Morgan fingerprint density at radius 2 is 1.90 bits per heavy atom. The van der Waals surface area contributed by atoms with E-state index in [1.807, 2.05) is 6.92 Å². The molecule has 7 heteroatoms. The molecule has 0 bridgehead atoms. The van der Waals surface area contributed by atoms with Crippen molar-refractivity contribution in [3.63, 3.8) is 0 Å². The maximum atomic E-state index is 12.2. The Balaban J connectivity index is 2.82. The van der Waals surface area contributed by atoms with E-state index in [1.165, 1.54) is 4.90 Å². The Bertz CT molecular complexity index is 489. The van der Waals surface area contributed by atoms with Crippen LogP contribution >= 0.6 is 0 Å². The van der Waals surface area contributed by atoms with Crippen molar-refractivity contribution in [1.82, 2.24) is 10.2 Å². The molecule has 116 valence electrons. The van der Waals surface area contributed by atoms with Crippen molar-refractivity contribution in [2.75, 3.05) is 18.1 Å². The van der Waals surface area contributed by atoms with Gasteiger partial charge in [-0.3, -0.25) is 9.59 Å². The van der Waals surface area contributed by atoms with Crippen LogP contribution in [0.15, 0.2) is 0 Å². The first-order valence-corrected chi connectivity index (χ1v) is 8.83. The first-order chi connectivity index (χ1) is 9.18. The Morgan fingerprint density at radius 1 is 1.30 bits per heavy atom. The molecule has 1 saturated heterocycles. The van der Waals surface area contributed by atoms with Crippen LogP contribution in [-0.4, -0.2) is 54.8 Å². The van der Waals surface area contributed by atoms with Gasteiger partial charge in [-0.2, -0.15) is 0 Å². The normalized spacial score (nSPS) is 27.6. The van der Waals surface area contributed by atoms with Crippen molar-refractivity contribution in [2.24, 2.45) is 0 Å². The molecule has 1 fully saturated rings. The molecule has 0 aromatic carbocycles. The molecule has 1 rings (SSSR count). The number of carbonyl (C=O) groups excluding carboxylic acids is 2. The first-order valence-electron chi connectivity index (χ1n) is 7.00. The van der Waals surface area contributed by atoms with E-state index in [0.717, 1.165) is 0 Å². The van der Waals surface area contributed by atoms with Crippen LogP contribution in [-0.2, 0) is 19.4 Å². The predicted molar refractivity (Wildman–Crippen MR) is 77.0 cm³/mol. The van der Waals surface area contributed by atoms with E-state index in [0.29, 0.717) is 19.4 Å². The van der Waals surface area contributed by atoms with Gasteiger partial charge in [0, 0.05) is 12.3 Å². The third-order valence-corrected chi connectivity index (χ3v) is 5.82. The van der Waals surface area contributed by atoms with Crippen LogP contribution < -0.4 is 5.32 Å². The number of carbonyl (C=O) groups is 2. The highest BCUT2D eigenvalue weighted by atomic mass is 32.2. The first kappa shape index (κ1) is 16.9. The molecule has 1 heterocycles. The average Bonchev–Trinajstić information content (AvgIpc) is 2.40. The molecule has 6 nitrogen and oxygen atoms in total. The molecule has 2 unspecified atom stereocenters. The molecule has 0 aromatic heterocycles. The van der Waals surface area contributed by atoms with Gasteiger partial charge in [0.2, 0.25) is 11.8 Å². The number of rotatable bonds is 6. The fourth-order valence-electron chi connectivity index (χ4n) is 2.31. The summed E-state index contributed by atoms with van der Waals surface area (Å²) in [6, 6.07) is -0.551. The number of nitrogens with one attached hydrogen (secondary N) is 1. The SMILES string of the molecule is CCC1(C)C(=O)NC(C)C(=O)N1CCCS(=O)(=O)CC. The maximum Gasteiger partial charge on any atom is 0.246 e. The van der Waals surface area contributed by atoms with Crippen LogP contribution in [0.4, 0.5) is 0 Å². The molecule has 2 atom stereocenters. The number of sulfone groups is 1. The van der Waals surface area contributed by atoms with Gasteiger partial charge in [0.25, 0.3) is 0 Å². The zero-order chi connectivity index (χ0) is 15.6. The van der Waals surface area contributed by atoms with Crippen molar-refractivity contribution < 1.29 is 18.0 Å². The highest BCUT2D eigenvalue weighted by Crippen LogP contribution is 2.25. The minimum atomic E-state index is -3.05. The minimum absolute atomic E-state index is 0.0447. The van der Waals surface area contributed by atoms with Crippen LogP contribution in [0.3, 0.4) is 0 Å². The minimum Gasteiger partial charge on any atom is -0.343 e. The van der Waals surface area contributed by atoms with Gasteiger partial charge in [0.05, 0.1) is 5.75 Å². The van der Waals surface area contributed by atoms with Crippen molar-refractivity contribution in [1.29, 1.82) is 0 Å². The molecule has 1 aliphatic rings. The number of hydrogen-bond acceptors (Lipinski definition) is 4. The topological polar surface area (TPSA) is 83.6 Å². The summed E-state index contributed by atoms with van der Waals surface area (Å²) in [5.41, 5.74) is -0.889. The summed E-state index contributed by atoms with van der Waals surface area (Å²) in [5, 5.41) is 2.67. The molecular weight excluding hydrogens is 280 g/mol. The Morgan fingerprint density at radius 3 is 2.40 bits per heavy atom. The predicted octanol–water partition coefficient (Wildman–Crippen LogP) is 0.327. The van der Waals surface area contributed by atoms with Crippen LogP contribution in [0.2, 0.25) is 0 Å². The lowest BCUT2D eigenvalue weighted by Crippen LogP contribution is -2.68. The zero-order valence-corrected chi connectivity index (χ0v) is 13.4. The van der Waals surface area contributed by atoms with E-state index in [9.17, 15) is 18.0 Å². The van der Waals surface area contributed by atoms with E-state index >= 15 is 0 Å². The Labute approximate surface area is 120 Å². The van der Waals surface area contributed by atoms with Gasteiger partial charge < -0.3 is 10.2 Å². The van der Waals surface area contributed by atoms with Gasteiger partial charge >= 0.3 is 0 Å². The summed E-state index contributed by atoms with van der Waals surface area (Å²) in [4.78, 5) is 25.9. The van der Waals surface area contributed by atoms with Gasteiger partial charge in [-0.25, -0.2) is 8.42 Å². The molecule has 1 aliphatic heterocycles. The molecule has 0 radical (unpaired) electrons. The second-order valence-electron chi connectivity index (χ2n) is 5.40. The molecule has 20 heavy (non-hydrogen) atoms.